The Morgan fingerprint density at radius 1 is 1.31 bits per heavy atom. The molecule has 0 saturated heterocycles. The lowest BCUT2D eigenvalue weighted by Gasteiger charge is -2.06. The van der Waals surface area contributed by atoms with Crippen molar-refractivity contribution in [2.24, 2.45) is 0 Å². The third-order valence-corrected chi connectivity index (χ3v) is 2.40. The van der Waals surface area contributed by atoms with E-state index in [-0.39, 0.29) is 0 Å². The summed E-state index contributed by atoms with van der Waals surface area (Å²) in [6.07, 6.45) is 0. The first kappa shape index (κ1) is 10.5. The van der Waals surface area contributed by atoms with Gasteiger partial charge in [0.2, 0.25) is 0 Å². The first-order chi connectivity index (χ1) is 7.72. The molecule has 0 fully saturated rings. The number of ether oxygens (including phenoxy) is 1. The lowest BCUT2D eigenvalue weighted by Crippen LogP contribution is -1.98. The van der Waals surface area contributed by atoms with Crippen LogP contribution in [0.4, 0.5) is 0 Å². The highest BCUT2D eigenvalue weighted by atomic mass is 16.5. The number of aromatic carboxylic acids is 1. The van der Waals surface area contributed by atoms with E-state index in [1.165, 1.54) is 0 Å². The molecule has 16 heavy (non-hydrogen) atoms. The van der Waals surface area contributed by atoms with Crippen molar-refractivity contribution in [1.82, 2.24) is 0 Å². The van der Waals surface area contributed by atoms with Crippen molar-refractivity contribution in [3.8, 4) is 5.75 Å². The van der Waals surface area contributed by atoms with E-state index in [1.54, 1.807) is 18.2 Å². The number of benzene rings is 2. The van der Waals surface area contributed by atoms with E-state index in [4.69, 9.17) is 9.84 Å². The molecule has 3 nitrogen and oxygen atoms in total. The van der Waals surface area contributed by atoms with Gasteiger partial charge in [0.15, 0.2) is 0 Å². The lowest BCUT2D eigenvalue weighted by molar-refractivity contribution is 0.0699. The summed E-state index contributed by atoms with van der Waals surface area (Å²) in [6.45, 7) is 2.47. The molecule has 0 unspecified atom stereocenters. The van der Waals surface area contributed by atoms with Gasteiger partial charge in [-0.25, -0.2) is 4.79 Å². The molecule has 0 aliphatic rings. The molecule has 0 atom stereocenters. The van der Waals surface area contributed by atoms with Gasteiger partial charge >= 0.3 is 5.97 Å². The zero-order chi connectivity index (χ0) is 11.5. The highest BCUT2D eigenvalue weighted by Crippen LogP contribution is 2.24. The molecule has 0 saturated carbocycles. The average molecular weight is 216 g/mol. The Balaban J connectivity index is 2.63. The van der Waals surface area contributed by atoms with Crippen molar-refractivity contribution in [3.05, 3.63) is 42.0 Å². The quantitative estimate of drug-likeness (QED) is 0.858. The van der Waals surface area contributed by atoms with Crippen molar-refractivity contribution in [2.75, 3.05) is 6.61 Å². The Hall–Kier alpha value is -2.03. The molecule has 2 aromatic carbocycles. The standard InChI is InChI=1S/C13H12O3/c1-2-16-10-7-6-9-4-3-5-11(13(14)15)12(9)8-10/h3-8H,2H2,1H3,(H,14,15). The maximum Gasteiger partial charge on any atom is 0.336 e. The minimum Gasteiger partial charge on any atom is -0.494 e. The van der Waals surface area contributed by atoms with Gasteiger partial charge in [0.05, 0.1) is 12.2 Å². The Morgan fingerprint density at radius 2 is 2.12 bits per heavy atom. The largest absolute Gasteiger partial charge is 0.494 e. The Labute approximate surface area is 93.3 Å². The van der Waals surface area contributed by atoms with Gasteiger partial charge in [0, 0.05) is 0 Å². The fraction of sp³-hybridized carbons (Fsp3) is 0.154. The van der Waals surface area contributed by atoms with Gasteiger partial charge in [0.1, 0.15) is 5.75 Å². The minimum absolute atomic E-state index is 0.305. The molecular formula is C13H12O3. The Bertz CT molecular complexity index is 532. The van der Waals surface area contributed by atoms with Crippen molar-refractivity contribution in [1.29, 1.82) is 0 Å². The van der Waals surface area contributed by atoms with E-state index >= 15 is 0 Å². The number of hydrogen-bond acceptors (Lipinski definition) is 2. The van der Waals surface area contributed by atoms with E-state index in [1.807, 2.05) is 25.1 Å². The second kappa shape index (κ2) is 4.23. The molecule has 0 bridgehead atoms. The van der Waals surface area contributed by atoms with Gasteiger partial charge in [-0.2, -0.15) is 0 Å². The third-order valence-electron chi connectivity index (χ3n) is 2.40. The van der Waals surface area contributed by atoms with Crippen LogP contribution in [0.2, 0.25) is 0 Å². The summed E-state index contributed by atoms with van der Waals surface area (Å²) >= 11 is 0. The van der Waals surface area contributed by atoms with Gasteiger partial charge < -0.3 is 9.84 Å². The van der Waals surface area contributed by atoms with Crippen molar-refractivity contribution < 1.29 is 14.6 Å². The molecule has 0 aliphatic heterocycles. The molecule has 0 radical (unpaired) electrons. The summed E-state index contributed by atoms with van der Waals surface area (Å²) in [7, 11) is 0. The highest BCUT2D eigenvalue weighted by Gasteiger charge is 2.08. The predicted octanol–water partition coefficient (Wildman–Crippen LogP) is 2.94. The van der Waals surface area contributed by atoms with E-state index in [9.17, 15) is 4.79 Å². The predicted molar refractivity (Wildman–Crippen MR) is 62.1 cm³/mol. The van der Waals surface area contributed by atoms with Crippen LogP contribution >= 0.6 is 0 Å². The second-order valence-electron chi connectivity index (χ2n) is 3.43. The van der Waals surface area contributed by atoms with E-state index < -0.39 is 5.97 Å². The fourth-order valence-corrected chi connectivity index (χ4v) is 1.69. The molecule has 0 amide bonds. The molecule has 0 heterocycles. The van der Waals surface area contributed by atoms with Gasteiger partial charge in [-0.15, -0.1) is 0 Å². The number of carboxylic acids is 1. The molecule has 2 rings (SSSR count). The minimum atomic E-state index is -0.917. The molecule has 82 valence electrons. The summed E-state index contributed by atoms with van der Waals surface area (Å²) in [5.41, 5.74) is 0.305. The third kappa shape index (κ3) is 1.84. The Morgan fingerprint density at radius 3 is 2.81 bits per heavy atom. The SMILES string of the molecule is CCOc1ccc2cccc(C(=O)O)c2c1. The molecular weight excluding hydrogens is 204 g/mol. The van der Waals surface area contributed by atoms with Crippen LogP contribution in [0.5, 0.6) is 5.75 Å². The molecule has 3 heteroatoms. The van der Waals surface area contributed by atoms with Gasteiger partial charge in [-0.05, 0) is 35.9 Å². The molecule has 2 aromatic rings. The molecule has 0 spiro atoms. The Kier molecular flexibility index (Phi) is 2.77. The number of carboxylic acid groups (broad SMARTS) is 1. The normalized spacial score (nSPS) is 10.3. The van der Waals surface area contributed by atoms with Crippen LogP contribution in [-0.4, -0.2) is 17.7 Å². The van der Waals surface area contributed by atoms with Crippen LogP contribution in [-0.2, 0) is 0 Å². The van der Waals surface area contributed by atoms with Crippen LogP contribution < -0.4 is 4.74 Å². The van der Waals surface area contributed by atoms with Crippen LogP contribution in [0.1, 0.15) is 17.3 Å². The fourth-order valence-electron chi connectivity index (χ4n) is 1.69. The smallest absolute Gasteiger partial charge is 0.336 e. The summed E-state index contributed by atoms with van der Waals surface area (Å²) in [5, 5.41) is 10.7. The second-order valence-corrected chi connectivity index (χ2v) is 3.43. The van der Waals surface area contributed by atoms with Crippen LogP contribution in [0.15, 0.2) is 36.4 Å². The number of carbonyl (C=O) groups is 1. The highest BCUT2D eigenvalue weighted by molar-refractivity contribution is 6.04. The first-order valence-corrected chi connectivity index (χ1v) is 5.11. The summed E-state index contributed by atoms with van der Waals surface area (Å²) in [4.78, 5) is 11.0. The molecule has 0 aliphatic carbocycles. The van der Waals surface area contributed by atoms with Crippen LogP contribution in [0.3, 0.4) is 0 Å². The monoisotopic (exact) mass is 216 g/mol. The zero-order valence-corrected chi connectivity index (χ0v) is 8.93. The number of fused-ring (bicyclic) bond motifs is 1. The number of rotatable bonds is 3. The molecule has 0 aromatic heterocycles. The van der Waals surface area contributed by atoms with Crippen LogP contribution in [0.25, 0.3) is 10.8 Å². The van der Waals surface area contributed by atoms with Crippen LogP contribution in [0, 0.1) is 0 Å². The number of hydrogen-bond donors (Lipinski definition) is 1. The first-order valence-electron chi connectivity index (χ1n) is 5.11. The van der Waals surface area contributed by atoms with Crippen molar-refractivity contribution in [2.45, 2.75) is 6.92 Å². The van der Waals surface area contributed by atoms with Crippen molar-refractivity contribution in [3.63, 3.8) is 0 Å². The summed E-state index contributed by atoms with van der Waals surface area (Å²) in [6, 6.07) is 10.7. The molecule has 1 N–H and O–H groups in total. The van der Waals surface area contributed by atoms with E-state index in [2.05, 4.69) is 0 Å². The van der Waals surface area contributed by atoms with Gasteiger partial charge in [0.25, 0.3) is 0 Å². The maximum atomic E-state index is 11.0. The van der Waals surface area contributed by atoms with Gasteiger partial charge in [-0.3, -0.25) is 0 Å². The van der Waals surface area contributed by atoms with Crippen molar-refractivity contribution >= 4 is 16.7 Å². The topological polar surface area (TPSA) is 46.5 Å². The summed E-state index contributed by atoms with van der Waals surface area (Å²) < 4.78 is 5.36. The average Bonchev–Trinajstić information content (AvgIpc) is 2.28. The maximum absolute atomic E-state index is 11.0. The van der Waals surface area contributed by atoms with E-state index in [0.717, 1.165) is 5.39 Å². The van der Waals surface area contributed by atoms with Gasteiger partial charge in [-0.1, -0.05) is 18.2 Å². The van der Waals surface area contributed by atoms with E-state index in [0.29, 0.717) is 23.3 Å². The zero-order valence-electron chi connectivity index (χ0n) is 8.93. The lowest BCUT2D eigenvalue weighted by atomic mass is 10.0. The summed E-state index contributed by atoms with van der Waals surface area (Å²) in [5.74, 6) is -0.219.